The summed E-state index contributed by atoms with van der Waals surface area (Å²) >= 11 is 0. The minimum Gasteiger partial charge on any atom is -0.336 e. The molecular weight excluding hydrogens is 347 g/mol. The van der Waals surface area contributed by atoms with Crippen LogP contribution in [0.25, 0.3) is 5.82 Å². The molecule has 0 unspecified atom stereocenters. The maximum absolute atomic E-state index is 13.0. The maximum atomic E-state index is 13.0. The number of amides is 1. The van der Waals surface area contributed by atoms with Crippen LogP contribution in [0.5, 0.6) is 0 Å². The normalized spacial score (nSPS) is 15.1. The van der Waals surface area contributed by atoms with E-state index in [1.807, 2.05) is 4.90 Å². The molecule has 0 N–H and O–H groups in total. The number of pyridine rings is 1. The van der Waals surface area contributed by atoms with Crippen LogP contribution in [0.15, 0.2) is 55.2 Å². The van der Waals surface area contributed by atoms with Crippen LogP contribution in [-0.2, 0) is 6.54 Å². The highest BCUT2D eigenvalue weighted by atomic mass is 19.1. The van der Waals surface area contributed by atoms with Crippen LogP contribution in [0.3, 0.4) is 0 Å². The summed E-state index contributed by atoms with van der Waals surface area (Å²) in [5.41, 5.74) is 1.64. The van der Waals surface area contributed by atoms with E-state index < -0.39 is 0 Å². The highest BCUT2D eigenvalue weighted by molar-refractivity contribution is 5.94. The maximum Gasteiger partial charge on any atom is 0.255 e. The summed E-state index contributed by atoms with van der Waals surface area (Å²) in [5, 5.41) is 7.49. The Kier molecular flexibility index (Phi) is 4.88. The van der Waals surface area contributed by atoms with E-state index in [2.05, 4.69) is 20.1 Å². The molecule has 1 aliphatic heterocycles. The van der Waals surface area contributed by atoms with Crippen LogP contribution in [0, 0.1) is 5.82 Å². The lowest BCUT2D eigenvalue weighted by molar-refractivity contribution is 0.0628. The van der Waals surface area contributed by atoms with Crippen molar-refractivity contribution in [3.8, 4) is 5.82 Å². The summed E-state index contributed by atoms with van der Waals surface area (Å²) in [6.45, 7) is 3.66. The summed E-state index contributed by atoms with van der Waals surface area (Å²) in [4.78, 5) is 21.1. The van der Waals surface area contributed by atoms with Crippen LogP contribution in [0.1, 0.15) is 15.9 Å². The first-order valence-electron chi connectivity index (χ1n) is 8.76. The number of carbonyl (C=O) groups excluding carboxylic acids is 1. The molecule has 1 saturated heterocycles. The molecule has 4 rings (SSSR count). The molecule has 0 saturated carbocycles. The SMILES string of the molecule is O=C(c1ccc(-n2cnnc2)nc1)N1CCN(Cc2ccc(F)cc2)CC1. The first-order valence-corrected chi connectivity index (χ1v) is 8.76. The Hall–Kier alpha value is -3.13. The van der Waals surface area contributed by atoms with Gasteiger partial charge in [0.05, 0.1) is 5.56 Å². The zero-order valence-corrected chi connectivity index (χ0v) is 14.7. The van der Waals surface area contributed by atoms with E-state index in [-0.39, 0.29) is 11.7 Å². The molecule has 0 atom stereocenters. The van der Waals surface area contributed by atoms with E-state index in [0.717, 1.165) is 25.2 Å². The van der Waals surface area contributed by atoms with Gasteiger partial charge in [0.25, 0.3) is 5.91 Å². The Morgan fingerprint density at radius 2 is 1.67 bits per heavy atom. The van der Waals surface area contributed by atoms with Crippen molar-refractivity contribution in [3.63, 3.8) is 0 Å². The number of piperazine rings is 1. The monoisotopic (exact) mass is 366 g/mol. The fraction of sp³-hybridized carbons (Fsp3) is 0.263. The van der Waals surface area contributed by atoms with Gasteiger partial charge >= 0.3 is 0 Å². The number of halogens is 1. The van der Waals surface area contributed by atoms with Crippen molar-refractivity contribution < 1.29 is 9.18 Å². The molecule has 1 amide bonds. The van der Waals surface area contributed by atoms with E-state index in [4.69, 9.17) is 0 Å². The number of carbonyl (C=O) groups is 1. The van der Waals surface area contributed by atoms with Crippen LogP contribution in [0.4, 0.5) is 4.39 Å². The minimum atomic E-state index is -0.224. The molecule has 1 fully saturated rings. The lowest BCUT2D eigenvalue weighted by Crippen LogP contribution is -2.48. The topological polar surface area (TPSA) is 67.2 Å². The standard InChI is InChI=1S/C19H19FN6O/c20-17-4-1-15(2-5-17)12-24-7-9-25(10-8-24)19(27)16-3-6-18(21-11-16)26-13-22-23-14-26/h1-6,11,13-14H,7-10,12H2. The second-order valence-corrected chi connectivity index (χ2v) is 6.47. The highest BCUT2D eigenvalue weighted by Gasteiger charge is 2.22. The van der Waals surface area contributed by atoms with Crippen LogP contribution < -0.4 is 0 Å². The molecule has 3 heterocycles. The molecule has 138 valence electrons. The summed E-state index contributed by atoms with van der Waals surface area (Å²) in [6.07, 6.45) is 4.71. The molecule has 2 aromatic heterocycles. The van der Waals surface area contributed by atoms with E-state index in [1.165, 1.54) is 12.1 Å². The van der Waals surface area contributed by atoms with Gasteiger partial charge in [-0.1, -0.05) is 12.1 Å². The fourth-order valence-corrected chi connectivity index (χ4v) is 3.12. The molecule has 7 nitrogen and oxygen atoms in total. The zero-order valence-electron chi connectivity index (χ0n) is 14.7. The van der Waals surface area contributed by atoms with Gasteiger partial charge in [0.2, 0.25) is 0 Å². The molecule has 0 spiro atoms. The van der Waals surface area contributed by atoms with Crippen molar-refractivity contribution in [2.45, 2.75) is 6.54 Å². The summed E-state index contributed by atoms with van der Waals surface area (Å²) in [6, 6.07) is 10.1. The Morgan fingerprint density at radius 3 is 2.30 bits per heavy atom. The average Bonchev–Trinajstić information content (AvgIpc) is 3.25. The second kappa shape index (κ2) is 7.63. The third-order valence-corrected chi connectivity index (χ3v) is 4.66. The quantitative estimate of drug-likeness (QED) is 0.704. The molecule has 8 heteroatoms. The first kappa shape index (κ1) is 17.3. The Bertz CT molecular complexity index is 887. The number of nitrogens with zero attached hydrogens (tertiary/aromatic N) is 6. The van der Waals surface area contributed by atoms with Crippen molar-refractivity contribution >= 4 is 5.91 Å². The molecule has 0 bridgehead atoms. The van der Waals surface area contributed by atoms with E-state index in [1.54, 1.807) is 47.7 Å². The molecule has 27 heavy (non-hydrogen) atoms. The van der Waals surface area contributed by atoms with Crippen molar-refractivity contribution in [2.75, 3.05) is 26.2 Å². The van der Waals surface area contributed by atoms with Crippen molar-refractivity contribution in [1.82, 2.24) is 29.5 Å². The minimum absolute atomic E-state index is 0.0146. The van der Waals surface area contributed by atoms with Gasteiger partial charge in [-0.2, -0.15) is 0 Å². The summed E-state index contributed by atoms with van der Waals surface area (Å²) in [7, 11) is 0. The van der Waals surface area contributed by atoms with Gasteiger partial charge < -0.3 is 4.90 Å². The third kappa shape index (κ3) is 4.01. The van der Waals surface area contributed by atoms with Gasteiger partial charge in [0.15, 0.2) is 0 Å². The Balaban J connectivity index is 1.33. The number of benzene rings is 1. The molecule has 0 aliphatic carbocycles. The number of rotatable bonds is 4. The summed E-state index contributed by atoms with van der Waals surface area (Å²) < 4.78 is 14.7. The zero-order chi connectivity index (χ0) is 18.6. The Labute approximate surface area is 156 Å². The van der Waals surface area contributed by atoms with Gasteiger partial charge in [0.1, 0.15) is 24.3 Å². The fourth-order valence-electron chi connectivity index (χ4n) is 3.12. The van der Waals surface area contributed by atoms with E-state index in [9.17, 15) is 9.18 Å². The van der Waals surface area contributed by atoms with Crippen molar-refractivity contribution in [3.05, 3.63) is 72.2 Å². The molecule has 0 radical (unpaired) electrons. The van der Waals surface area contributed by atoms with Gasteiger partial charge in [-0.15, -0.1) is 10.2 Å². The van der Waals surface area contributed by atoms with Crippen molar-refractivity contribution in [1.29, 1.82) is 0 Å². The van der Waals surface area contributed by atoms with Gasteiger partial charge in [0, 0.05) is 38.9 Å². The van der Waals surface area contributed by atoms with Crippen LogP contribution in [0.2, 0.25) is 0 Å². The van der Waals surface area contributed by atoms with Crippen LogP contribution in [-0.4, -0.2) is 61.6 Å². The third-order valence-electron chi connectivity index (χ3n) is 4.66. The van der Waals surface area contributed by atoms with Gasteiger partial charge in [-0.3, -0.25) is 14.3 Å². The molecule has 1 aliphatic rings. The first-order chi connectivity index (χ1) is 13.2. The molecular formula is C19H19FN6O. The predicted molar refractivity (Wildman–Crippen MR) is 96.7 cm³/mol. The number of aromatic nitrogens is 4. The number of hydrogen-bond acceptors (Lipinski definition) is 5. The van der Waals surface area contributed by atoms with Gasteiger partial charge in [-0.05, 0) is 29.8 Å². The Morgan fingerprint density at radius 1 is 0.963 bits per heavy atom. The smallest absolute Gasteiger partial charge is 0.255 e. The second-order valence-electron chi connectivity index (χ2n) is 6.47. The van der Waals surface area contributed by atoms with E-state index in [0.29, 0.717) is 24.5 Å². The van der Waals surface area contributed by atoms with E-state index >= 15 is 0 Å². The lowest BCUT2D eigenvalue weighted by Gasteiger charge is -2.34. The average molecular weight is 366 g/mol. The van der Waals surface area contributed by atoms with Crippen LogP contribution >= 0.6 is 0 Å². The lowest BCUT2D eigenvalue weighted by atomic mass is 10.2. The predicted octanol–water partition coefficient (Wildman–Crippen LogP) is 1.76. The van der Waals surface area contributed by atoms with Gasteiger partial charge in [-0.25, -0.2) is 9.37 Å². The molecule has 1 aromatic carbocycles. The highest BCUT2D eigenvalue weighted by Crippen LogP contribution is 2.13. The largest absolute Gasteiger partial charge is 0.336 e. The van der Waals surface area contributed by atoms with Crippen molar-refractivity contribution in [2.24, 2.45) is 0 Å². The summed E-state index contributed by atoms with van der Waals surface area (Å²) in [5.74, 6) is 0.429. The molecule has 3 aromatic rings. The number of hydrogen-bond donors (Lipinski definition) is 0.